The summed E-state index contributed by atoms with van der Waals surface area (Å²) in [7, 11) is -3.97. The highest BCUT2D eigenvalue weighted by atomic mass is 32.2. The Morgan fingerprint density at radius 1 is 0.619 bits per heavy atom. The van der Waals surface area contributed by atoms with Crippen molar-refractivity contribution in [3.8, 4) is 0 Å². The largest absolute Gasteiger partial charge is 0.490 e. The van der Waals surface area contributed by atoms with Crippen LogP contribution in [0.25, 0.3) is 21.7 Å². The van der Waals surface area contributed by atoms with E-state index in [1.807, 2.05) is 115 Å². The second kappa shape index (κ2) is 19.7. The van der Waals surface area contributed by atoms with Crippen LogP contribution in [-0.2, 0) is 69.5 Å². The molecular formula is C49H44F3NO9S. The van der Waals surface area contributed by atoms with Gasteiger partial charge in [0, 0.05) is 11.6 Å². The van der Waals surface area contributed by atoms with Crippen LogP contribution in [0.15, 0.2) is 169 Å². The molecule has 0 spiro atoms. The van der Waals surface area contributed by atoms with Gasteiger partial charge in [0.25, 0.3) is 10.0 Å². The van der Waals surface area contributed by atoms with Crippen LogP contribution < -0.4 is 0 Å². The van der Waals surface area contributed by atoms with Crippen molar-refractivity contribution in [2.24, 2.45) is 0 Å². The zero-order valence-electron chi connectivity index (χ0n) is 33.9. The summed E-state index contributed by atoms with van der Waals surface area (Å²) in [6.07, 6.45) is -9.32. The maximum atomic E-state index is 13.8. The lowest BCUT2D eigenvalue weighted by Crippen LogP contribution is -2.62. The van der Waals surface area contributed by atoms with Crippen LogP contribution in [0.1, 0.15) is 22.3 Å². The molecule has 0 bridgehead atoms. The number of alkyl halides is 3. The highest BCUT2D eigenvalue weighted by molar-refractivity contribution is 7.90. The van der Waals surface area contributed by atoms with E-state index >= 15 is 0 Å². The molecule has 0 aliphatic carbocycles. The lowest BCUT2D eigenvalue weighted by molar-refractivity contribution is -0.327. The average molecular weight is 880 g/mol. The Morgan fingerprint density at radius 3 is 1.87 bits per heavy atom. The van der Waals surface area contributed by atoms with Crippen LogP contribution in [0.3, 0.4) is 0 Å². The van der Waals surface area contributed by atoms with Gasteiger partial charge in [-0.25, -0.2) is 17.2 Å². The molecule has 63 heavy (non-hydrogen) atoms. The number of carbonyl (C=O) groups is 1. The van der Waals surface area contributed by atoms with E-state index < -0.39 is 59.5 Å². The van der Waals surface area contributed by atoms with Crippen LogP contribution in [0.5, 0.6) is 0 Å². The molecule has 0 N–H and O–H groups in total. The molecule has 8 rings (SSSR count). The molecule has 14 heteroatoms. The molecule has 6 aromatic carbocycles. The Morgan fingerprint density at radius 2 is 1.19 bits per heavy atom. The molecule has 5 atom stereocenters. The van der Waals surface area contributed by atoms with Gasteiger partial charge in [-0.1, -0.05) is 133 Å². The minimum atomic E-state index is -5.26. The summed E-state index contributed by atoms with van der Waals surface area (Å²) in [4.78, 5) is 12.2. The molecular weight excluding hydrogens is 836 g/mol. The van der Waals surface area contributed by atoms with Gasteiger partial charge < -0.3 is 28.4 Å². The van der Waals surface area contributed by atoms with E-state index in [1.165, 1.54) is 16.1 Å². The van der Waals surface area contributed by atoms with E-state index in [0.29, 0.717) is 16.5 Å². The first-order valence-electron chi connectivity index (χ1n) is 20.4. The Labute approximate surface area is 362 Å². The molecule has 2 heterocycles. The van der Waals surface area contributed by atoms with Gasteiger partial charge in [-0.05, 0) is 63.7 Å². The number of fused-ring (bicyclic) bond motifs is 2. The van der Waals surface area contributed by atoms with Crippen LogP contribution in [0, 0.1) is 0 Å². The predicted octanol–water partition coefficient (Wildman–Crippen LogP) is 9.18. The number of benzene rings is 6. The number of halogens is 3. The number of aromatic nitrogens is 1. The minimum Gasteiger partial charge on any atom is -0.456 e. The monoisotopic (exact) mass is 879 g/mol. The van der Waals surface area contributed by atoms with Gasteiger partial charge in [-0.3, -0.25) is 0 Å². The van der Waals surface area contributed by atoms with Gasteiger partial charge >= 0.3 is 12.1 Å². The number of ether oxygens (including phenoxy) is 6. The number of hydrogen-bond acceptors (Lipinski definition) is 9. The smallest absolute Gasteiger partial charge is 0.456 e. The molecule has 1 fully saturated rings. The summed E-state index contributed by atoms with van der Waals surface area (Å²) in [5, 5.41) is 2.72. The first-order chi connectivity index (χ1) is 30.5. The molecule has 1 aliphatic heterocycles. The Balaban J connectivity index is 1.13. The maximum Gasteiger partial charge on any atom is 0.490 e. The van der Waals surface area contributed by atoms with Gasteiger partial charge in [0.2, 0.25) is 0 Å². The third-order valence-electron chi connectivity index (χ3n) is 10.7. The Kier molecular flexibility index (Phi) is 13.7. The first-order valence-corrected chi connectivity index (χ1v) is 21.8. The number of hydrogen-bond donors (Lipinski definition) is 0. The van der Waals surface area contributed by atoms with Gasteiger partial charge in [-0.15, -0.1) is 0 Å². The van der Waals surface area contributed by atoms with Crippen LogP contribution in [0.4, 0.5) is 13.2 Å². The molecule has 0 saturated carbocycles. The fourth-order valence-corrected chi connectivity index (χ4v) is 9.03. The average Bonchev–Trinajstić information content (AvgIpc) is 3.69. The summed E-state index contributed by atoms with van der Waals surface area (Å²) in [6.45, 7) is -0.749. The van der Waals surface area contributed by atoms with Gasteiger partial charge in [0.15, 0.2) is 6.29 Å². The van der Waals surface area contributed by atoms with E-state index in [0.717, 1.165) is 27.5 Å². The third kappa shape index (κ3) is 10.5. The topological polar surface area (TPSA) is 112 Å². The number of para-hydroxylation sites is 1. The summed E-state index contributed by atoms with van der Waals surface area (Å²) >= 11 is 0. The van der Waals surface area contributed by atoms with Crippen LogP contribution >= 0.6 is 0 Å². The second-order valence-electron chi connectivity index (χ2n) is 15.0. The molecule has 1 aromatic heterocycles. The van der Waals surface area contributed by atoms with Crippen molar-refractivity contribution in [2.45, 2.75) is 68.0 Å². The molecule has 0 radical (unpaired) electrons. The van der Waals surface area contributed by atoms with Crippen molar-refractivity contribution < 1.29 is 54.8 Å². The summed E-state index contributed by atoms with van der Waals surface area (Å²) in [6, 6.07) is 47.5. The normalized spacial score (nSPS) is 19.3. The number of rotatable bonds is 17. The molecule has 1 aliphatic rings. The fourth-order valence-electron chi connectivity index (χ4n) is 7.62. The Hall–Kier alpha value is -5.87. The van der Waals surface area contributed by atoms with Crippen molar-refractivity contribution in [2.75, 3.05) is 13.2 Å². The summed E-state index contributed by atoms with van der Waals surface area (Å²) in [5.74, 6) is -2.39. The number of carbonyl (C=O) groups excluding carboxylic acids is 1. The van der Waals surface area contributed by atoms with E-state index in [9.17, 15) is 26.4 Å². The summed E-state index contributed by atoms with van der Waals surface area (Å²) in [5.41, 5.74) is 3.53. The fraction of sp³-hybridized carbons (Fsp3) is 0.245. The minimum absolute atomic E-state index is 0.0165. The van der Waals surface area contributed by atoms with E-state index in [4.69, 9.17) is 28.4 Å². The van der Waals surface area contributed by atoms with Crippen LogP contribution in [0.2, 0.25) is 0 Å². The van der Waals surface area contributed by atoms with Gasteiger partial charge in [-0.2, -0.15) is 13.2 Å². The molecule has 10 nitrogen and oxygen atoms in total. The molecule has 1 saturated heterocycles. The molecule has 7 aromatic rings. The first kappa shape index (κ1) is 43.8. The SMILES string of the molecule is O=C(OC[C@H]1O[C@@H](OCCc2cn(S(=O)(=O)c3ccccc3)c3ccccc23)[C@H](OCc2ccc3ccccc3c2)[C@@H](OCc2ccccc2)[C@@H]1OCc1ccccc1)C(F)(F)F. The van der Waals surface area contributed by atoms with Gasteiger partial charge in [0.05, 0.1) is 36.8 Å². The zero-order valence-corrected chi connectivity index (χ0v) is 34.7. The van der Waals surface area contributed by atoms with E-state index in [2.05, 4.69) is 0 Å². The highest BCUT2D eigenvalue weighted by Crippen LogP contribution is 2.33. The van der Waals surface area contributed by atoms with Gasteiger partial charge in [0.1, 0.15) is 31.0 Å². The maximum absolute atomic E-state index is 13.8. The lowest BCUT2D eigenvalue weighted by Gasteiger charge is -2.45. The predicted molar refractivity (Wildman–Crippen MR) is 229 cm³/mol. The van der Waals surface area contributed by atoms with Crippen molar-refractivity contribution in [1.82, 2.24) is 3.97 Å². The van der Waals surface area contributed by atoms with Crippen molar-refractivity contribution in [1.29, 1.82) is 0 Å². The van der Waals surface area contributed by atoms with Crippen molar-refractivity contribution >= 4 is 37.7 Å². The lowest BCUT2D eigenvalue weighted by atomic mass is 9.97. The summed E-state index contributed by atoms with van der Waals surface area (Å²) < 4.78 is 107. The van der Waals surface area contributed by atoms with Crippen molar-refractivity contribution in [3.05, 3.63) is 186 Å². The standard InChI is InChI=1S/C49H44F3NO9S/c50-49(51,52)48(54)61-33-43-44(58-30-34-14-4-1-5-15-34)45(59-31-35-16-6-2-7-17-35)46(60-32-36-24-25-37-18-10-11-19-38(37)28-36)47(62-43)57-27-26-39-29-53(42-23-13-12-22-41(39)42)63(55,56)40-20-8-3-9-21-40/h1-25,28-29,43-47H,26-27,30-33H2/t43-,44-,45+,46-,47-/m1/s1. The second-order valence-corrected chi connectivity index (χ2v) is 16.8. The highest BCUT2D eigenvalue weighted by Gasteiger charge is 2.50. The van der Waals surface area contributed by atoms with Crippen molar-refractivity contribution in [3.63, 3.8) is 0 Å². The third-order valence-corrected chi connectivity index (χ3v) is 12.4. The van der Waals surface area contributed by atoms with E-state index in [-0.39, 0.29) is 37.7 Å². The van der Waals surface area contributed by atoms with Crippen LogP contribution in [-0.4, -0.2) is 68.5 Å². The molecule has 0 unspecified atom stereocenters. The molecule has 326 valence electrons. The molecule has 0 amide bonds. The van der Waals surface area contributed by atoms with E-state index in [1.54, 1.807) is 36.5 Å². The zero-order chi connectivity index (χ0) is 43.8. The number of esters is 1. The number of nitrogens with zero attached hydrogens (tertiary/aromatic N) is 1. The quantitative estimate of drug-likeness (QED) is 0.0828. The Bertz CT molecular complexity index is 2720.